The third kappa shape index (κ3) is 3.28. The predicted octanol–water partition coefficient (Wildman–Crippen LogP) is 3.64. The van der Waals surface area contributed by atoms with E-state index < -0.39 is 0 Å². The lowest BCUT2D eigenvalue weighted by molar-refractivity contribution is 0.288. The number of aromatic nitrogens is 2. The molecular formula is C21H20N2O3S. The fourth-order valence-corrected chi connectivity index (χ4v) is 3.97. The van der Waals surface area contributed by atoms with Crippen LogP contribution in [0.15, 0.2) is 47.3 Å². The average molecular weight is 380 g/mol. The van der Waals surface area contributed by atoms with Gasteiger partial charge in [0.25, 0.3) is 5.56 Å². The maximum atomic E-state index is 12.8. The second-order valence-corrected chi connectivity index (χ2v) is 7.26. The van der Waals surface area contributed by atoms with Crippen LogP contribution in [0.25, 0.3) is 22.1 Å². The second kappa shape index (κ2) is 7.40. The van der Waals surface area contributed by atoms with Crippen LogP contribution in [0.4, 0.5) is 0 Å². The number of ether oxygens (including phenoxy) is 2. The molecule has 0 radical (unpaired) electrons. The quantitative estimate of drug-likeness (QED) is 0.479. The fourth-order valence-electron chi connectivity index (χ4n) is 2.98. The minimum Gasteiger partial charge on any atom is -0.493 e. The van der Waals surface area contributed by atoms with Crippen molar-refractivity contribution in [1.82, 2.24) is 9.38 Å². The summed E-state index contributed by atoms with van der Waals surface area (Å²) in [6.45, 7) is 2.79. The highest BCUT2D eigenvalue weighted by molar-refractivity contribution is 7.15. The Morgan fingerprint density at radius 2 is 2.04 bits per heavy atom. The largest absolute Gasteiger partial charge is 0.493 e. The van der Waals surface area contributed by atoms with Crippen LogP contribution in [0.3, 0.4) is 0 Å². The van der Waals surface area contributed by atoms with Crippen molar-refractivity contribution in [3.8, 4) is 11.5 Å². The molecule has 0 aliphatic heterocycles. The highest BCUT2D eigenvalue weighted by Gasteiger charge is 2.11. The van der Waals surface area contributed by atoms with Gasteiger partial charge < -0.3 is 9.47 Å². The molecule has 0 unspecified atom stereocenters. The van der Waals surface area contributed by atoms with Crippen LogP contribution in [0.2, 0.25) is 0 Å². The Kier molecular flexibility index (Phi) is 4.81. The van der Waals surface area contributed by atoms with Crippen LogP contribution in [-0.4, -0.2) is 23.1 Å². The fraction of sp³-hybridized carbons (Fsp3) is 0.238. The molecule has 0 bridgehead atoms. The number of nitrogens with zero attached hydrogens (tertiary/aromatic N) is 2. The van der Waals surface area contributed by atoms with E-state index in [9.17, 15) is 4.79 Å². The summed E-state index contributed by atoms with van der Waals surface area (Å²) in [5.74, 6) is 1.39. The zero-order valence-electron chi connectivity index (χ0n) is 15.3. The number of rotatable bonds is 6. The highest BCUT2D eigenvalue weighted by atomic mass is 32.1. The van der Waals surface area contributed by atoms with Crippen molar-refractivity contribution in [1.29, 1.82) is 0 Å². The van der Waals surface area contributed by atoms with E-state index in [0.717, 1.165) is 35.2 Å². The normalized spacial score (nSPS) is 12.1. The van der Waals surface area contributed by atoms with Crippen LogP contribution in [0.5, 0.6) is 11.5 Å². The number of fused-ring (bicyclic) bond motifs is 3. The van der Waals surface area contributed by atoms with E-state index in [0.29, 0.717) is 21.8 Å². The summed E-state index contributed by atoms with van der Waals surface area (Å²) >= 11 is 1.39. The van der Waals surface area contributed by atoms with Crippen molar-refractivity contribution < 1.29 is 9.47 Å². The smallest absolute Gasteiger partial charge is 0.274 e. The summed E-state index contributed by atoms with van der Waals surface area (Å²) in [7, 11) is 1.62. The molecule has 0 saturated heterocycles. The first-order chi connectivity index (χ1) is 13.2. The van der Waals surface area contributed by atoms with Crippen molar-refractivity contribution in [3.63, 3.8) is 0 Å². The minimum absolute atomic E-state index is 0.0501. The molecule has 0 atom stereocenters. The summed E-state index contributed by atoms with van der Waals surface area (Å²) in [5.41, 5.74) is 2.51. The van der Waals surface area contributed by atoms with Crippen molar-refractivity contribution in [2.75, 3.05) is 13.7 Å². The molecule has 138 valence electrons. The van der Waals surface area contributed by atoms with Crippen molar-refractivity contribution in [3.05, 3.63) is 62.9 Å². The minimum atomic E-state index is -0.0501. The van der Waals surface area contributed by atoms with E-state index in [-0.39, 0.29) is 5.56 Å². The number of para-hydroxylation sites is 2. The second-order valence-electron chi connectivity index (χ2n) is 6.25. The molecule has 2 heterocycles. The standard InChI is InChI=1S/C21H20N2O3S/c1-3-4-11-26-17-10-9-14(12-18(17)25-2)13-19-20(24)23-16-8-6-5-7-15(16)22-21(23)27-19/h5-10,12-13H,3-4,11H2,1-2H3. The molecule has 6 heteroatoms. The van der Waals surface area contributed by atoms with Gasteiger partial charge in [0.2, 0.25) is 0 Å². The molecular weight excluding hydrogens is 360 g/mol. The molecule has 0 N–H and O–H groups in total. The number of hydrogen-bond acceptors (Lipinski definition) is 5. The van der Waals surface area contributed by atoms with Gasteiger partial charge in [0.1, 0.15) is 0 Å². The molecule has 0 saturated carbocycles. The summed E-state index contributed by atoms with van der Waals surface area (Å²) in [5, 5.41) is 0. The number of benzene rings is 2. The van der Waals surface area contributed by atoms with E-state index >= 15 is 0 Å². The highest BCUT2D eigenvalue weighted by Crippen LogP contribution is 2.28. The summed E-state index contributed by atoms with van der Waals surface area (Å²) in [6, 6.07) is 13.4. The van der Waals surface area contributed by atoms with Crippen LogP contribution < -0.4 is 19.6 Å². The lowest BCUT2D eigenvalue weighted by Gasteiger charge is -2.10. The zero-order chi connectivity index (χ0) is 18.8. The molecule has 2 aromatic carbocycles. The van der Waals surface area contributed by atoms with Crippen LogP contribution >= 0.6 is 11.3 Å². The first kappa shape index (κ1) is 17.5. The van der Waals surface area contributed by atoms with Crippen LogP contribution in [0, 0.1) is 0 Å². The number of hydrogen-bond donors (Lipinski definition) is 0. The lowest BCUT2D eigenvalue weighted by atomic mass is 10.2. The molecule has 0 aliphatic rings. The van der Waals surface area contributed by atoms with Crippen LogP contribution in [-0.2, 0) is 0 Å². The SMILES string of the molecule is CCCCOc1ccc(C=c2sc3nc4ccccc4n3c2=O)cc1OC. The van der Waals surface area contributed by atoms with Crippen LogP contribution in [0.1, 0.15) is 25.3 Å². The maximum Gasteiger partial charge on any atom is 0.274 e. The van der Waals surface area contributed by atoms with E-state index in [4.69, 9.17) is 9.47 Å². The Labute approximate surface area is 160 Å². The molecule has 0 spiro atoms. The molecule has 5 nitrogen and oxygen atoms in total. The zero-order valence-corrected chi connectivity index (χ0v) is 16.1. The van der Waals surface area contributed by atoms with Gasteiger partial charge in [0.15, 0.2) is 16.5 Å². The monoisotopic (exact) mass is 380 g/mol. The summed E-state index contributed by atoms with van der Waals surface area (Å²) in [6.07, 6.45) is 3.95. The molecule has 4 rings (SSSR count). The first-order valence-electron chi connectivity index (χ1n) is 8.94. The molecule has 0 amide bonds. The van der Waals surface area contributed by atoms with Gasteiger partial charge in [-0.2, -0.15) is 0 Å². The Bertz CT molecular complexity index is 1210. The Balaban J connectivity index is 1.75. The van der Waals surface area contributed by atoms with Gasteiger partial charge in [0, 0.05) is 0 Å². The van der Waals surface area contributed by atoms with Gasteiger partial charge >= 0.3 is 0 Å². The Morgan fingerprint density at radius 1 is 1.19 bits per heavy atom. The van der Waals surface area contributed by atoms with Crippen molar-refractivity contribution in [2.45, 2.75) is 19.8 Å². The lowest BCUT2D eigenvalue weighted by Crippen LogP contribution is -2.22. The van der Waals surface area contributed by atoms with E-state index in [2.05, 4.69) is 11.9 Å². The average Bonchev–Trinajstić information content (AvgIpc) is 3.19. The third-order valence-corrected chi connectivity index (χ3v) is 5.35. The van der Waals surface area contributed by atoms with E-state index in [1.54, 1.807) is 11.5 Å². The van der Waals surface area contributed by atoms with Crippen molar-refractivity contribution in [2.24, 2.45) is 0 Å². The van der Waals surface area contributed by atoms with E-state index in [1.807, 2.05) is 48.5 Å². The molecule has 0 aliphatic carbocycles. The molecule has 4 aromatic rings. The first-order valence-corrected chi connectivity index (χ1v) is 9.75. The van der Waals surface area contributed by atoms with Crippen molar-refractivity contribution >= 4 is 33.4 Å². The van der Waals surface area contributed by atoms with Gasteiger partial charge in [-0.1, -0.05) is 42.9 Å². The van der Waals surface area contributed by atoms with Gasteiger partial charge in [-0.15, -0.1) is 0 Å². The number of methoxy groups -OCH3 is 1. The number of unbranched alkanes of at least 4 members (excludes halogenated alkanes) is 1. The topological polar surface area (TPSA) is 52.8 Å². The predicted molar refractivity (Wildman–Crippen MR) is 109 cm³/mol. The Morgan fingerprint density at radius 3 is 2.85 bits per heavy atom. The van der Waals surface area contributed by atoms with Gasteiger partial charge in [0.05, 0.1) is 29.3 Å². The third-order valence-electron chi connectivity index (χ3n) is 4.39. The Hall–Kier alpha value is -2.86. The molecule has 0 fully saturated rings. The summed E-state index contributed by atoms with van der Waals surface area (Å²) < 4.78 is 13.5. The summed E-state index contributed by atoms with van der Waals surface area (Å²) in [4.78, 5) is 18.1. The molecule has 27 heavy (non-hydrogen) atoms. The number of imidazole rings is 1. The number of thiazole rings is 1. The van der Waals surface area contributed by atoms with Gasteiger partial charge in [-0.25, -0.2) is 9.38 Å². The van der Waals surface area contributed by atoms with Gasteiger partial charge in [-0.3, -0.25) is 4.79 Å². The molecule has 2 aromatic heterocycles. The van der Waals surface area contributed by atoms with E-state index in [1.165, 1.54) is 11.3 Å². The van der Waals surface area contributed by atoms with Gasteiger partial charge in [-0.05, 0) is 42.3 Å². The maximum absolute atomic E-state index is 12.8.